The van der Waals surface area contributed by atoms with E-state index in [0.717, 1.165) is 28.8 Å². The molecule has 4 rings (SSSR count). The molecule has 3 atom stereocenters. The lowest BCUT2D eigenvalue weighted by Crippen LogP contribution is -2.46. The zero-order valence-corrected chi connectivity index (χ0v) is 16.8. The summed E-state index contributed by atoms with van der Waals surface area (Å²) in [5.74, 6) is -1.23. The fourth-order valence-electron chi connectivity index (χ4n) is 3.97. The molecule has 2 aliphatic rings. The maximum Gasteiger partial charge on any atom is 0.309 e. The number of amides is 2. The van der Waals surface area contributed by atoms with Crippen molar-refractivity contribution in [1.29, 1.82) is 0 Å². The Hall–Kier alpha value is -2.90. The minimum absolute atomic E-state index is 0.0143. The lowest BCUT2D eigenvalue weighted by molar-refractivity contribution is -0.139. The summed E-state index contributed by atoms with van der Waals surface area (Å²) >= 11 is 0. The molecular weight excluding hydrogens is 382 g/mol. The smallest absolute Gasteiger partial charge is 0.309 e. The van der Waals surface area contributed by atoms with E-state index in [9.17, 15) is 14.7 Å². The number of hydrogen-bond acceptors (Lipinski definition) is 5. The number of fused-ring (bicyclic) bond motifs is 4. The minimum Gasteiger partial charge on any atom is -0.389 e. The summed E-state index contributed by atoms with van der Waals surface area (Å²) in [6, 6.07) is 15.9. The van der Waals surface area contributed by atoms with Crippen molar-refractivity contribution in [1.82, 2.24) is 10.6 Å². The average Bonchev–Trinajstić information content (AvgIpc) is 2.77. The molecule has 0 unspecified atom stereocenters. The lowest BCUT2D eigenvalue weighted by atomic mass is 9.89. The number of carbonyl (C=O) groups is 2. The van der Waals surface area contributed by atoms with Gasteiger partial charge in [-0.1, -0.05) is 42.5 Å². The van der Waals surface area contributed by atoms with E-state index in [1.54, 1.807) is 0 Å². The van der Waals surface area contributed by atoms with Crippen LogP contribution in [-0.4, -0.2) is 48.8 Å². The molecule has 0 aromatic heterocycles. The third kappa shape index (κ3) is 4.80. The Labute approximate surface area is 175 Å². The first-order valence-electron chi connectivity index (χ1n) is 10.4. The molecular formula is C23H27N3O4. The summed E-state index contributed by atoms with van der Waals surface area (Å²) < 4.78 is 5.77. The molecule has 2 bridgehead atoms. The molecule has 0 saturated carbocycles. The molecule has 2 amide bonds. The molecule has 0 spiro atoms. The van der Waals surface area contributed by atoms with E-state index in [-0.39, 0.29) is 12.1 Å². The van der Waals surface area contributed by atoms with Crippen LogP contribution >= 0.6 is 0 Å². The van der Waals surface area contributed by atoms with E-state index in [1.807, 2.05) is 42.5 Å². The van der Waals surface area contributed by atoms with Crippen LogP contribution in [0.3, 0.4) is 0 Å². The second-order valence-corrected chi connectivity index (χ2v) is 7.79. The molecule has 4 N–H and O–H groups in total. The Balaban J connectivity index is 1.22. The van der Waals surface area contributed by atoms with Crippen molar-refractivity contribution in [2.45, 2.75) is 37.5 Å². The fourth-order valence-corrected chi connectivity index (χ4v) is 3.97. The van der Waals surface area contributed by atoms with Gasteiger partial charge < -0.3 is 25.8 Å². The van der Waals surface area contributed by atoms with Gasteiger partial charge in [0.25, 0.3) is 0 Å². The molecule has 2 aliphatic heterocycles. The van der Waals surface area contributed by atoms with Crippen molar-refractivity contribution >= 4 is 17.5 Å². The Morgan fingerprint density at radius 2 is 1.70 bits per heavy atom. The van der Waals surface area contributed by atoms with Crippen molar-refractivity contribution in [3.8, 4) is 0 Å². The highest BCUT2D eigenvalue weighted by atomic mass is 16.5. The summed E-state index contributed by atoms with van der Waals surface area (Å²) in [6.45, 7) is 1.14. The van der Waals surface area contributed by atoms with Gasteiger partial charge in [0.1, 0.15) is 0 Å². The predicted octanol–water partition coefficient (Wildman–Crippen LogP) is 1.32. The van der Waals surface area contributed by atoms with Crippen LogP contribution in [0.2, 0.25) is 0 Å². The number of benzene rings is 2. The molecule has 1 fully saturated rings. The number of rotatable bonds is 6. The largest absolute Gasteiger partial charge is 0.389 e. The fraction of sp³-hybridized carbons (Fsp3) is 0.391. The molecule has 2 aromatic rings. The van der Waals surface area contributed by atoms with Gasteiger partial charge >= 0.3 is 11.8 Å². The van der Waals surface area contributed by atoms with Crippen molar-refractivity contribution in [2.75, 3.05) is 25.0 Å². The van der Waals surface area contributed by atoms with E-state index < -0.39 is 17.9 Å². The summed E-state index contributed by atoms with van der Waals surface area (Å²) in [5.41, 5.74) is 4.25. The van der Waals surface area contributed by atoms with Crippen molar-refractivity contribution in [3.63, 3.8) is 0 Å². The predicted molar refractivity (Wildman–Crippen MR) is 113 cm³/mol. The lowest BCUT2D eigenvalue weighted by Gasteiger charge is -2.40. The number of anilines is 1. The van der Waals surface area contributed by atoms with Gasteiger partial charge in [0.05, 0.1) is 24.9 Å². The Kier molecular flexibility index (Phi) is 6.30. The second kappa shape index (κ2) is 9.28. The van der Waals surface area contributed by atoms with E-state index in [2.05, 4.69) is 22.0 Å². The first kappa shape index (κ1) is 20.4. The molecule has 7 nitrogen and oxygen atoms in total. The zero-order chi connectivity index (χ0) is 20.9. The van der Waals surface area contributed by atoms with Crippen LogP contribution in [0.4, 0.5) is 5.69 Å². The normalized spacial score (nSPS) is 21.8. The van der Waals surface area contributed by atoms with Crippen LogP contribution in [0.25, 0.3) is 0 Å². The second-order valence-electron chi connectivity index (χ2n) is 7.79. The van der Waals surface area contributed by atoms with Crippen molar-refractivity contribution < 1.29 is 19.4 Å². The van der Waals surface area contributed by atoms with Gasteiger partial charge in [-0.25, -0.2) is 0 Å². The van der Waals surface area contributed by atoms with Crippen LogP contribution in [0.1, 0.15) is 29.2 Å². The van der Waals surface area contributed by atoms with Crippen molar-refractivity contribution in [3.05, 3.63) is 65.2 Å². The van der Waals surface area contributed by atoms with Gasteiger partial charge in [-0.2, -0.15) is 0 Å². The summed E-state index contributed by atoms with van der Waals surface area (Å²) in [6.07, 6.45) is 1.55. The maximum absolute atomic E-state index is 12.0. The molecule has 7 heteroatoms. The molecule has 30 heavy (non-hydrogen) atoms. The van der Waals surface area contributed by atoms with Crippen LogP contribution in [0.15, 0.2) is 48.5 Å². The van der Waals surface area contributed by atoms with Crippen molar-refractivity contribution in [2.24, 2.45) is 0 Å². The number of aliphatic hydroxyl groups excluding tert-OH is 1. The SMILES string of the molecule is O=C(NCCc1ccccc1)C(=O)NCCc1ccc2c(c1)[C@@H]1C[C@H](N2)[C@H](O)CO1. The third-order valence-electron chi connectivity index (χ3n) is 5.65. The molecule has 0 radical (unpaired) electrons. The average molecular weight is 409 g/mol. The first-order chi connectivity index (χ1) is 14.6. The molecule has 1 saturated heterocycles. The highest BCUT2D eigenvalue weighted by molar-refractivity contribution is 6.35. The standard InChI is InChI=1S/C23H27N3O4/c27-20-14-30-21-13-19(20)26-18-7-6-16(12-17(18)21)9-11-25-23(29)22(28)24-10-8-15-4-2-1-3-5-15/h1-7,12,19-21,26-27H,8-11,13-14H2,(H,24,28)(H,25,29)/t19-,20+,21-/m0/s1. The highest BCUT2D eigenvalue weighted by Crippen LogP contribution is 2.39. The highest BCUT2D eigenvalue weighted by Gasteiger charge is 2.36. The first-order valence-corrected chi connectivity index (χ1v) is 10.4. The van der Waals surface area contributed by atoms with Crippen LogP contribution in [-0.2, 0) is 27.2 Å². The summed E-state index contributed by atoms with van der Waals surface area (Å²) in [4.78, 5) is 23.9. The molecule has 158 valence electrons. The monoisotopic (exact) mass is 409 g/mol. The van der Waals surface area contributed by atoms with E-state index in [1.165, 1.54) is 0 Å². The van der Waals surface area contributed by atoms with Crippen LogP contribution < -0.4 is 16.0 Å². The summed E-state index contributed by atoms with van der Waals surface area (Å²) in [5, 5.41) is 18.7. The van der Waals surface area contributed by atoms with E-state index >= 15 is 0 Å². The number of ether oxygens (including phenoxy) is 1. The number of carbonyl (C=O) groups excluding carboxylic acids is 2. The molecule has 2 heterocycles. The van der Waals surface area contributed by atoms with Gasteiger partial charge in [0.15, 0.2) is 0 Å². The Bertz CT molecular complexity index is 903. The molecule has 0 aliphatic carbocycles. The summed E-state index contributed by atoms with van der Waals surface area (Å²) in [7, 11) is 0. The van der Waals surface area contributed by atoms with Gasteiger partial charge in [0.2, 0.25) is 0 Å². The van der Waals surface area contributed by atoms with Gasteiger partial charge in [0, 0.05) is 30.8 Å². The molecule has 2 aromatic carbocycles. The van der Waals surface area contributed by atoms with Gasteiger partial charge in [-0.3, -0.25) is 9.59 Å². The quantitative estimate of drug-likeness (QED) is 0.540. The minimum atomic E-state index is -0.616. The topological polar surface area (TPSA) is 99.7 Å². The third-order valence-corrected chi connectivity index (χ3v) is 5.65. The maximum atomic E-state index is 12.0. The number of nitrogens with one attached hydrogen (secondary N) is 3. The van der Waals surface area contributed by atoms with E-state index in [4.69, 9.17) is 4.74 Å². The Morgan fingerprint density at radius 1 is 1.00 bits per heavy atom. The Morgan fingerprint density at radius 3 is 2.43 bits per heavy atom. The van der Waals surface area contributed by atoms with E-state index in [0.29, 0.717) is 32.5 Å². The van der Waals surface area contributed by atoms with Crippen LogP contribution in [0, 0.1) is 0 Å². The zero-order valence-electron chi connectivity index (χ0n) is 16.8. The van der Waals surface area contributed by atoms with Gasteiger partial charge in [-0.05, 0) is 30.0 Å². The van der Waals surface area contributed by atoms with Gasteiger partial charge in [-0.15, -0.1) is 0 Å². The van der Waals surface area contributed by atoms with Crippen LogP contribution in [0.5, 0.6) is 0 Å². The number of hydrogen-bond donors (Lipinski definition) is 4. The number of aliphatic hydroxyl groups is 1.